The average molecular weight is 308 g/mol. The number of rotatable bonds is 4. The van der Waals surface area contributed by atoms with E-state index in [0.29, 0.717) is 19.8 Å². The zero-order chi connectivity index (χ0) is 14.7. The van der Waals surface area contributed by atoms with Gasteiger partial charge < -0.3 is 5.11 Å². The number of carbonyl (C=O) groups is 1. The second kappa shape index (κ2) is 6.03. The van der Waals surface area contributed by atoms with Crippen LogP contribution in [0.1, 0.15) is 16.1 Å². The number of aromatic nitrogens is 1. The van der Waals surface area contributed by atoms with Gasteiger partial charge in [0.1, 0.15) is 11.9 Å². The zero-order valence-electron chi connectivity index (χ0n) is 10.4. The summed E-state index contributed by atoms with van der Waals surface area (Å²) in [6, 6.07) is 5.90. The van der Waals surface area contributed by atoms with E-state index in [2.05, 4.69) is 4.98 Å². The van der Waals surface area contributed by atoms with E-state index in [-0.39, 0.29) is 12.0 Å². The third-order valence-electron chi connectivity index (χ3n) is 2.44. The number of nitrogens with zero attached hydrogens (tertiary/aromatic N) is 2. The lowest BCUT2D eigenvalue weighted by molar-refractivity contribution is -0.136. The summed E-state index contributed by atoms with van der Waals surface area (Å²) < 4.78 is 13.7. The Balaban J connectivity index is 2.27. The lowest BCUT2D eigenvalue weighted by Crippen LogP contribution is -1.99. The molecule has 0 amide bonds. The molecule has 0 aliphatic rings. The standard InChI is InChI=1S/C13H9FN2O2S2/c1-7-11(5-12(17)18)20-13(16-7)19-10-3-2-9(14)4-8(10)6-15/h2-4H,5H2,1H3,(H,17,18). The number of hydrogen-bond acceptors (Lipinski definition) is 5. The maximum Gasteiger partial charge on any atom is 0.308 e. The number of carboxylic acid groups (broad SMARTS) is 1. The van der Waals surface area contributed by atoms with Crippen molar-refractivity contribution >= 4 is 29.1 Å². The first-order valence-corrected chi connectivity index (χ1v) is 7.18. The van der Waals surface area contributed by atoms with E-state index in [0.717, 1.165) is 0 Å². The maximum atomic E-state index is 13.0. The number of halogens is 1. The van der Waals surface area contributed by atoms with Crippen LogP contribution in [0.15, 0.2) is 27.4 Å². The van der Waals surface area contributed by atoms with Crippen molar-refractivity contribution in [2.24, 2.45) is 0 Å². The number of aryl methyl sites for hydroxylation is 1. The number of thiazole rings is 1. The number of carboxylic acids is 1. The smallest absolute Gasteiger partial charge is 0.308 e. The first-order valence-electron chi connectivity index (χ1n) is 5.55. The van der Waals surface area contributed by atoms with Crippen LogP contribution in [0.4, 0.5) is 4.39 Å². The highest BCUT2D eigenvalue weighted by Crippen LogP contribution is 2.35. The van der Waals surface area contributed by atoms with Gasteiger partial charge in [-0.1, -0.05) is 11.8 Å². The topological polar surface area (TPSA) is 74.0 Å². The van der Waals surface area contributed by atoms with Gasteiger partial charge in [-0.05, 0) is 25.1 Å². The number of hydrogen-bond donors (Lipinski definition) is 1. The van der Waals surface area contributed by atoms with Crippen LogP contribution in [-0.2, 0) is 11.2 Å². The van der Waals surface area contributed by atoms with E-state index < -0.39 is 11.8 Å². The van der Waals surface area contributed by atoms with E-state index in [9.17, 15) is 9.18 Å². The Morgan fingerprint density at radius 3 is 3.00 bits per heavy atom. The minimum Gasteiger partial charge on any atom is -0.481 e. The van der Waals surface area contributed by atoms with Crippen LogP contribution in [0, 0.1) is 24.1 Å². The predicted molar refractivity (Wildman–Crippen MR) is 73.4 cm³/mol. The third kappa shape index (κ3) is 3.35. The van der Waals surface area contributed by atoms with E-state index in [1.807, 2.05) is 6.07 Å². The fraction of sp³-hybridized carbons (Fsp3) is 0.154. The molecule has 0 radical (unpaired) electrons. The minimum absolute atomic E-state index is 0.0708. The first kappa shape index (κ1) is 14.5. The van der Waals surface area contributed by atoms with Crippen LogP contribution < -0.4 is 0 Å². The molecule has 2 rings (SSSR count). The van der Waals surface area contributed by atoms with Gasteiger partial charge in [0.05, 0.1) is 17.7 Å². The zero-order valence-corrected chi connectivity index (χ0v) is 12.0. The molecule has 0 atom stereocenters. The molecule has 7 heteroatoms. The SMILES string of the molecule is Cc1nc(Sc2ccc(F)cc2C#N)sc1CC(=O)O. The number of aliphatic carboxylic acids is 1. The molecule has 0 saturated heterocycles. The van der Waals surface area contributed by atoms with Crippen molar-refractivity contribution in [2.75, 3.05) is 0 Å². The summed E-state index contributed by atoms with van der Waals surface area (Å²) in [5, 5.41) is 17.8. The van der Waals surface area contributed by atoms with Crippen molar-refractivity contribution in [3.63, 3.8) is 0 Å². The Morgan fingerprint density at radius 1 is 1.60 bits per heavy atom. The van der Waals surface area contributed by atoms with Gasteiger partial charge in [0.25, 0.3) is 0 Å². The summed E-state index contributed by atoms with van der Waals surface area (Å²) in [6.07, 6.45) is -0.0708. The van der Waals surface area contributed by atoms with Crippen molar-refractivity contribution in [1.29, 1.82) is 5.26 Å². The second-order valence-corrected chi connectivity index (χ2v) is 6.29. The largest absolute Gasteiger partial charge is 0.481 e. The molecule has 102 valence electrons. The average Bonchev–Trinajstić information content (AvgIpc) is 2.71. The Labute approximate surface area is 122 Å². The molecule has 2 aromatic rings. The monoisotopic (exact) mass is 308 g/mol. The Morgan fingerprint density at radius 2 is 2.35 bits per heavy atom. The van der Waals surface area contributed by atoms with E-state index >= 15 is 0 Å². The Kier molecular flexibility index (Phi) is 4.37. The van der Waals surface area contributed by atoms with Crippen LogP contribution in [0.25, 0.3) is 0 Å². The molecule has 1 aromatic heterocycles. The van der Waals surface area contributed by atoms with Crippen molar-refractivity contribution < 1.29 is 14.3 Å². The second-order valence-electron chi connectivity index (χ2n) is 3.91. The maximum absolute atomic E-state index is 13.0. The summed E-state index contributed by atoms with van der Waals surface area (Å²) in [6.45, 7) is 1.74. The Bertz CT molecular complexity index is 707. The minimum atomic E-state index is -0.909. The summed E-state index contributed by atoms with van der Waals surface area (Å²) in [5.41, 5.74) is 0.906. The fourth-order valence-electron chi connectivity index (χ4n) is 1.52. The van der Waals surface area contributed by atoms with Crippen LogP contribution in [0.3, 0.4) is 0 Å². The molecule has 0 aliphatic heterocycles. The van der Waals surface area contributed by atoms with Crippen molar-refractivity contribution in [3.05, 3.63) is 40.2 Å². The molecule has 1 N–H and O–H groups in total. The van der Waals surface area contributed by atoms with Gasteiger partial charge in [0.15, 0.2) is 4.34 Å². The van der Waals surface area contributed by atoms with Crippen molar-refractivity contribution in [2.45, 2.75) is 22.6 Å². The Hall–Kier alpha value is -1.91. The number of benzene rings is 1. The number of nitriles is 1. The summed E-state index contributed by atoms with van der Waals surface area (Å²) in [4.78, 5) is 16.3. The molecule has 0 aliphatic carbocycles. The first-order chi connectivity index (χ1) is 9.49. The van der Waals surface area contributed by atoms with Crippen LogP contribution in [0.2, 0.25) is 0 Å². The van der Waals surface area contributed by atoms with Crippen molar-refractivity contribution in [3.8, 4) is 6.07 Å². The molecule has 4 nitrogen and oxygen atoms in total. The quantitative estimate of drug-likeness (QED) is 0.938. The van der Waals surface area contributed by atoms with Gasteiger partial charge >= 0.3 is 5.97 Å². The molecule has 20 heavy (non-hydrogen) atoms. The lowest BCUT2D eigenvalue weighted by atomic mass is 10.2. The van der Waals surface area contributed by atoms with Gasteiger partial charge in [-0.15, -0.1) is 11.3 Å². The highest BCUT2D eigenvalue weighted by Gasteiger charge is 2.13. The highest BCUT2D eigenvalue weighted by molar-refractivity contribution is 8.01. The molecule has 0 spiro atoms. The summed E-state index contributed by atoms with van der Waals surface area (Å²) in [7, 11) is 0. The molecule has 1 aromatic carbocycles. The van der Waals surface area contributed by atoms with Gasteiger partial charge in [-0.2, -0.15) is 5.26 Å². The van der Waals surface area contributed by atoms with Gasteiger partial charge in [0.2, 0.25) is 0 Å². The van der Waals surface area contributed by atoms with E-state index in [1.54, 1.807) is 6.92 Å². The molecule has 1 heterocycles. The molecule has 0 unspecified atom stereocenters. The fourth-order valence-corrected chi connectivity index (χ4v) is 3.76. The third-order valence-corrected chi connectivity index (χ3v) is 4.74. The predicted octanol–water partition coefficient (Wildman–Crippen LogP) is 3.24. The summed E-state index contributed by atoms with van der Waals surface area (Å²) >= 11 is 2.51. The molecular weight excluding hydrogens is 299 g/mol. The van der Waals surface area contributed by atoms with E-state index in [4.69, 9.17) is 10.4 Å². The van der Waals surface area contributed by atoms with Crippen LogP contribution in [0.5, 0.6) is 0 Å². The summed E-state index contributed by atoms with van der Waals surface area (Å²) in [5.74, 6) is -1.37. The molecule has 0 saturated carbocycles. The highest BCUT2D eigenvalue weighted by atomic mass is 32.2. The normalized spacial score (nSPS) is 10.2. The van der Waals surface area contributed by atoms with Gasteiger partial charge in [-0.3, -0.25) is 4.79 Å². The van der Waals surface area contributed by atoms with Gasteiger partial charge in [0, 0.05) is 9.77 Å². The molecule has 0 bridgehead atoms. The lowest BCUT2D eigenvalue weighted by Gasteiger charge is -2.00. The van der Waals surface area contributed by atoms with Crippen LogP contribution >= 0.6 is 23.1 Å². The molecule has 0 fully saturated rings. The van der Waals surface area contributed by atoms with Crippen molar-refractivity contribution in [1.82, 2.24) is 4.98 Å². The van der Waals surface area contributed by atoms with Crippen LogP contribution in [-0.4, -0.2) is 16.1 Å². The van der Waals surface area contributed by atoms with Gasteiger partial charge in [-0.25, -0.2) is 9.37 Å². The van der Waals surface area contributed by atoms with E-state index in [1.165, 1.54) is 41.3 Å². The molecular formula is C13H9FN2O2S2.